The molecule has 128 valence electrons. The summed E-state index contributed by atoms with van der Waals surface area (Å²) in [6.45, 7) is 3.92. The van der Waals surface area contributed by atoms with Crippen molar-refractivity contribution >= 4 is 16.6 Å². The number of hydrogen-bond donors (Lipinski definition) is 1. The third-order valence-corrected chi connectivity index (χ3v) is 5.26. The Balaban J connectivity index is 1.43. The zero-order valence-corrected chi connectivity index (χ0v) is 14.3. The summed E-state index contributed by atoms with van der Waals surface area (Å²) < 4.78 is 18.1. The highest BCUT2D eigenvalue weighted by Crippen LogP contribution is 2.09. The predicted molar refractivity (Wildman–Crippen MR) is 94.4 cm³/mol. The quantitative estimate of drug-likeness (QED) is 0.817. The molecule has 0 bridgehead atoms. The zero-order chi connectivity index (χ0) is 16.6. The van der Waals surface area contributed by atoms with Crippen molar-refractivity contribution in [3.05, 3.63) is 48.7 Å². The van der Waals surface area contributed by atoms with Gasteiger partial charge in [-0.1, -0.05) is 18.2 Å². The van der Waals surface area contributed by atoms with Gasteiger partial charge in [0, 0.05) is 43.0 Å². The molecule has 1 saturated heterocycles. The molecule has 2 atom stereocenters. The molecule has 0 aliphatic carbocycles. The minimum Gasteiger partial charge on any atom is -0.374 e. The van der Waals surface area contributed by atoms with Crippen LogP contribution in [0.4, 0.5) is 5.82 Å². The second kappa shape index (κ2) is 8.86. The van der Waals surface area contributed by atoms with Crippen LogP contribution in [0.1, 0.15) is 0 Å². The number of rotatable bonds is 7. The molecule has 0 amide bonds. The third-order valence-electron chi connectivity index (χ3n) is 3.91. The average molecular weight is 346 g/mol. The minimum atomic E-state index is -0.946. The van der Waals surface area contributed by atoms with Gasteiger partial charge in [0.25, 0.3) is 0 Å². The van der Waals surface area contributed by atoms with E-state index in [0.717, 1.165) is 30.3 Å². The third kappa shape index (κ3) is 5.09. The molecule has 1 N–H and O–H groups in total. The van der Waals surface area contributed by atoms with Crippen LogP contribution in [0.15, 0.2) is 53.6 Å². The van der Waals surface area contributed by atoms with Crippen molar-refractivity contribution in [2.45, 2.75) is 11.0 Å². The Morgan fingerprint density at radius 3 is 2.92 bits per heavy atom. The van der Waals surface area contributed by atoms with Crippen molar-refractivity contribution in [1.29, 1.82) is 0 Å². The van der Waals surface area contributed by atoms with E-state index in [1.807, 2.05) is 42.5 Å². The fourth-order valence-corrected chi connectivity index (χ4v) is 3.74. The number of aromatic nitrogens is 2. The first-order chi connectivity index (χ1) is 11.8. The van der Waals surface area contributed by atoms with Crippen LogP contribution in [0.3, 0.4) is 0 Å². The molecule has 24 heavy (non-hydrogen) atoms. The summed E-state index contributed by atoms with van der Waals surface area (Å²) in [5.41, 5.74) is 0. The first kappa shape index (κ1) is 17.0. The number of ether oxygens (including phenoxy) is 1. The average Bonchev–Trinajstić information content (AvgIpc) is 2.66. The summed E-state index contributed by atoms with van der Waals surface area (Å²) in [5.74, 6) is 1.40. The fourth-order valence-electron chi connectivity index (χ4n) is 2.62. The molecular formula is C17H22N4O2S. The van der Waals surface area contributed by atoms with E-state index in [4.69, 9.17) is 4.74 Å². The number of anilines is 1. The Morgan fingerprint density at radius 2 is 2.12 bits per heavy atom. The van der Waals surface area contributed by atoms with E-state index in [1.165, 1.54) is 0 Å². The molecule has 0 radical (unpaired) electrons. The highest BCUT2D eigenvalue weighted by atomic mass is 32.2. The predicted octanol–water partition coefficient (Wildman–Crippen LogP) is 1.40. The zero-order valence-electron chi connectivity index (χ0n) is 13.5. The Morgan fingerprint density at radius 1 is 1.25 bits per heavy atom. The van der Waals surface area contributed by atoms with Crippen molar-refractivity contribution in [2.75, 3.05) is 43.9 Å². The van der Waals surface area contributed by atoms with Gasteiger partial charge >= 0.3 is 0 Å². The summed E-state index contributed by atoms with van der Waals surface area (Å²) in [6.07, 6.45) is 1.75. The van der Waals surface area contributed by atoms with Gasteiger partial charge in [-0.2, -0.15) is 5.10 Å². The first-order valence-electron chi connectivity index (χ1n) is 8.10. The van der Waals surface area contributed by atoms with E-state index in [1.54, 1.807) is 6.20 Å². The van der Waals surface area contributed by atoms with Gasteiger partial charge in [0.05, 0.1) is 23.5 Å². The van der Waals surface area contributed by atoms with Crippen LogP contribution in [0, 0.1) is 0 Å². The topological polar surface area (TPSA) is 67.3 Å². The standard InChI is InChI=1S/C17H22N4O2S/c22-24(16-5-2-1-3-6-16)12-10-21-9-11-23-15(14-21)13-18-17-7-4-8-19-20-17/h1-8,15H,9-14H2,(H,18,20)/t15-,24+/m1/s1. The molecular weight excluding hydrogens is 324 g/mol. The van der Waals surface area contributed by atoms with Crippen molar-refractivity contribution in [3.63, 3.8) is 0 Å². The molecule has 1 aromatic heterocycles. The number of hydrogen-bond acceptors (Lipinski definition) is 6. The second-order valence-corrected chi connectivity index (χ2v) is 7.22. The van der Waals surface area contributed by atoms with Crippen molar-refractivity contribution in [1.82, 2.24) is 15.1 Å². The monoisotopic (exact) mass is 346 g/mol. The Bertz CT molecular complexity index is 642. The molecule has 0 saturated carbocycles. The lowest BCUT2D eigenvalue weighted by Gasteiger charge is -2.32. The van der Waals surface area contributed by atoms with Gasteiger partial charge in [-0.15, -0.1) is 5.10 Å². The molecule has 1 aliphatic rings. The molecule has 3 rings (SSSR count). The number of nitrogens with one attached hydrogen (secondary N) is 1. The summed E-state index contributed by atoms with van der Waals surface area (Å²) in [5, 5.41) is 11.1. The summed E-state index contributed by atoms with van der Waals surface area (Å²) >= 11 is 0. The van der Waals surface area contributed by atoms with E-state index in [0.29, 0.717) is 18.9 Å². The van der Waals surface area contributed by atoms with Gasteiger partial charge in [-0.05, 0) is 24.3 Å². The Hall–Kier alpha value is -1.83. The molecule has 7 heteroatoms. The lowest BCUT2D eigenvalue weighted by atomic mass is 10.2. The maximum absolute atomic E-state index is 12.3. The molecule has 6 nitrogen and oxygen atoms in total. The van der Waals surface area contributed by atoms with Crippen molar-refractivity contribution < 1.29 is 8.95 Å². The Kier molecular flexibility index (Phi) is 6.28. The lowest BCUT2D eigenvalue weighted by Crippen LogP contribution is -2.46. The maximum atomic E-state index is 12.3. The van der Waals surface area contributed by atoms with Crippen LogP contribution in [0.2, 0.25) is 0 Å². The number of morpholine rings is 1. The summed E-state index contributed by atoms with van der Waals surface area (Å²) in [7, 11) is -0.946. The molecule has 1 aromatic carbocycles. The molecule has 2 aromatic rings. The van der Waals surface area contributed by atoms with E-state index >= 15 is 0 Å². The summed E-state index contributed by atoms with van der Waals surface area (Å²) in [4.78, 5) is 3.21. The largest absolute Gasteiger partial charge is 0.374 e. The SMILES string of the molecule is O=[S@@](CCN1CCO[C@H](CNc2cccnn2)C1)c1ccccc1. The highest BCUT2D eigenvalue weighted by molar-refractivity contribution is 7.85. The van der Waals surface area contributed by atoms with Crippen LogP contribution in [-0.2, 0) is 15.5 Å². The van der Waals surface area contributed by atoms with Gasteiger partial charge in [0.2, 0.25) is 0 Å². The normalized spacial score (nSPS) is 19.8. The van der Waals surface area contributed by atoms with Gasteiger partial charge in [-0.25, -0.2) is 0 Å². The molecule has 2 heterocycles. The maximum Gasteiger partial charge on any atom is 0.148 e. The van der Waals surface area contributed by atoms with Crippen LogP contribution in [0.5, 0.6) is 0 Å². The van der Waals surface area contributed by atoms with Crippen LogP contribution < -0.4 is 5.32 Å². The van der Waals surface area contributed by atoms with E-state index in [2.05, 4.69) is 20.4 Å². The highest BCUT2D eigenvalue weighted by Gasteiger charge is 2.20. The van der Waals surface area contributed by atoms with Gasteiger partial charge < -0.3 is 10.1 Å². The molecule has 1 aliphatic heterocycles. The lowest BCUT2D eigenvalue weighted by molar-refractivity contribution is -0.0189. The molecule has 0 spiro atoms. The van der Waals surface area contributed by atoms with Gasteiger partial charge in [0.1, 0.15) is 5.82 Å². The van der Waals surface area contributed by atoms with E-state index in [-0.39, 0.29) is 6.10 Å². The van der Waals surface area contributed by atoms with Crippen molar-refractivity contribution in [3.8, 4) is 0 Å². The van der Waals surface area contributed by atoms with Crippen LogP contribution in [-0.4, -0.2) is 63.9 Å². The van der Waals surface area contributed by atoms with E-state index < -0.39 is 10.8 Å². The number of benzene rings is 1. The number of nitrogens with zero attached hydrogens (tertiary/aromatic N) is 3. The van der Waals surface area contributed by atoms with Gasteiger partial charge in [-0.3, -0.25) is 9.11 Å². The first-order valence-corrected chi connectivity index (χ1v) is 9.42. The van der Waals surface area contributed by atoms with Gasteiger partial charge in [0.15, 0.2) is 0 Å². The smallest absolute Gasteiger partial charge is 0.148 e. The second-order valence-electron chi connectivity index (χ2n) is 5.65. The van der Waals surface area contributed by atoms with Crippen LogP contribution in [0.25, 0.3) is 0 Å². The fraction of sp³-hybridized carbons (Fsp3) is 0.412. The minimum absolute atomic E-state index is 0.103. The molecule has 0 unspecified atom stereocenters. The summed E-state index contributed by atoms with van der Waals surface area (Å²) in [6, 6.07) is 13.4. The Labute approximate surface area is 144 Å². The van der Waals surface area contributed by atoms with Crippen molar-refractivity contribution in [2.24, 2.45) is 0 Å². The van der Waals surface area contributed by atoms with Crippen LogP contribution >= 0.6 is 0 Å². The van der Waals surface area contributed by atoms with E-state index in [9.17, 15) is 4.21 Å². The molecule has 1 fully saturated rings.